The molecule has 0 unspecified atom stereocenters. The number of aromatic nitrogens is 2. The fraction of sp³-hybridized carbons (Fsp3) is 0.375. The first kappa shape index (κ1) is 21.6. The highest BCUT2D eigenvalue weighted by Crippen LogP contribution is 2.40. The van der Waals surface area contributed by atoms with Crippen LogP contribution in [0.2, 0.25) is 0 Å². The second kappa shape index (κ2) is 9.11. The van der Waals surface area contributed by atoms with E-state index in [0.29, 0.717) is 0 Å². The predicted octanol–water partition coefficient (Wildman–Crippen LogP) is -1.40. The molecule has 3 heterocycles. The van der Waals surface area contributed by atoms with E-state index in [1.54, 1.807) is 6.92 Å². The molecule has 0 radical (unpaired) electrons. The lowest BCUT2D eigenvalue weighted by molar-refractivity contribution is -0.150. The van der Waals surface area contributed by atoms with Crippen LogP contribution in [0.25, 0.3) is 0 Å². The number of aliphatic carboxylic acids is 1. The maximum atomic E-state index is 12.7. The Morgan fingerprint density at radius 3 is 2.87 bits per heavy atom. The van der Waals surface area contributed by atoms with Crippen LogP contribution in [0.1, 0.15) is 12.7 Å². The Morgan fingerprint density at radius 1 is 1.50 bits per heavy atom. The Hall–Kier alpha value is -3.15. The lowest BCUT2D eigenvalue weighted by atomic mass is 10.0. The summed E-state index contributed by atoms with van der Waals surface area (Å²) in [5.74, 6) is 2.43. The second-order valence-corrected chi connectivity index (χ2v) is 7.66. The van der Waals surface area contributed by atoms with E-state index in [1.807, 2.05) is 0 Å². The van der Waals surface area contributed by atoms with Crippen LogP contribution in [-0.4, -0.2) is 78.3 Å². The summed E-state index contributed by atoms with van der Waals surface area (Å²) in [4.78, 5) is 46.9. The first-order valence-corrected chi connectivity index (χ1v) is 10.3. The lowest BCUT2D eigenvalue weighted by Gasteiger charge is -2.48. The summed E-state index contributed by atoms with van der Waals surface area (Å²) in [6, 6.07) is -0.980. The van der Waals surface area contributed by atoms with Gasteiger partial charge in [0.2, 0.25) is 11.5 Å². The van der Waals surface area contributed by atoms with Gasteiger partial charge in [0.25, 0.3) is 11.8 Å². The summed E-state index contributed by atoms with van der Waals surface area (Å²) in [5, 5.41) is 24.1. The minimum atomic E-state index is -1.32. The maximum absolute atomic E-state index is 12.7. The first-order valence-electron chi connectivity index (χ1n) is 8.50. The highest BCUT2D eigenvalue weighted by atomic mass is 32.2. The number of nitrogens with zero attached hydrogens (tertiary/aromatic N) is 4. The Morgan fingerprint density at radius 2 is 2.27 bits per heavy atom. The number of hydrogen-bond acceptors (Lipinski definition) is 11. The van der Waals surface area contributed by atoms with Gasteiger partial charge in [0.05, 0.1) is 0 Å². The molecule has 2 aliphatic rings. The van der Waals surface area contributed by atoms with Crippen molar-refractivity contribution in [1.82, 2.24) is 19.6 Å². The van der Waals surface area contributed by atoms with Crippen LogP contribution in [-0.2, 0) is 19.2 Å². The molecule has 12 nitrogen and oxygen atoms in total. The number of carbonyl (C=O) groups is 3. The van der Waals surface area contributed by atoms with Crippen molar-refractivity contribution in [3.05, 3.63) is 17.1 Å². The van der Waals surface area contributed by atoms with E-state index in [-0.39, 0.29) is 40.3 Å². The summed E-state index contributed by atoms with van der Waals surface area (Å²) >= 11 is 2.11. The number of nitrogens with one attached hydrogen (secondary N) is 1. The maximum Gasteiger partial charge on any atom is 0.353 e. The van der Waals surface area contributed by atoms with E-state index in [9.17, 15) is 19.5 Å². The van der Waals surface area contributed by atoms with Gasteiger partial charge >= 0.3 is 5.97 Å². The summed E-state index contributed by atoms with van der Waals surface area (Å²) in [5.41, 5.74) is 5.26. The normalized spacial score (nSPS) is 20.7. The molecule has 0 aromatic carbocycles. The number of thioether (sulfide) groups is 1. The summed E-state index contributed by atoms with van der Waals surface area (Å²) in [6.45, 7) is 1.43. The molecule has 1 saturated heterocycles. The van der Waals surface area contributed by atoms with Crippen molar-refractivity contribution in [2.75, 3.05) is 24.7 Å². The average molecular weight is 452 g/mol. The number of fused-ring (bicyclic) bond motifs is 1. The van der Waals surface area contributed by atoms with E-state index in [0.717, 1.165) is 16.4 Å². The largest absolute Gasteiger partial charge is 0.477 e. The zero-order valence-corrected chi connectivity index (χ0v) is 17.1. The highest BCUT2D eigenvalue weighted by Gasteiger charge is 2.54. The standard InChI is InChI=1S/C16H16N6O6S2/c1-2-28-20-8(11-19-16(17)30-21-11)12(24)18-9-13(25)22-10(15(26)27)7(4-3-5-23)6-29-14(9)22/h9,14,23H,2,5-6H2,1H3,(H,18,24)(H,26,27)(H2,17,19,21)/b20-8-/t9-,14-/m1/s1. The number of anilines is 1. The van der Waals surface area contributed by atoms with Crippen molar-refractivity contribution in [3.63, 3.8) is 0 Å². The molecule has 5 N–H and O–H groups in total. The Labute approximate surface area is 178 Å². The number of hydrogen-bond donors (Lipinski definition) is 4. The van der Waals surface area contributed by atoms with Crippen LogP contribution >= 0.6 is 23.3 Å². The van der Waals surface area contributed by atoms with Crippen LogP contribution in [0.3, 0.4) is 0 Å². The number of rotatable bonds is 6. The van der Waals surface area contributed by atoms with Gasteiger partial charge in [-0.2, -0.15) is 9.36 Å². The SMILES string of the molecule is CCO/N=C(\C(=O)N[C@@H]1C(=O)N2C(C(=O)O)=C(C#CCO)CS[C@H]12)c1nsc(N)n1. The molecule has 2 amide bonds. The first-order chi connectivity index (χ1) is 14.4. The van der Waals surface area contributed by atoms with Crippen LogP contribution in [0.5, 0.6) is 0 Å². The number of oxime groups is 1. The van der Waals surface area contributed by atoms with Crippen molar-refractivity contribution in [3.8, 4) is 11.8 Å². The Balaban J connectivity index is 1.81. The van der Waals surface area contributed by atoms with Gasteiger partial charge < -0.3 is 26.1 Å². The molecule has 2 atom stereocenters. The third kappa shape index (κ3) is 4.08. The molecule has 0 bridgehead atoms. The molecule has 2 aliphatic heterocycles. The van der Waals surface area contributed by atoms with Crippen LogP contribution in [0, 0.1) is 11.8 Å². The third-order valence-electron chi connectivity index (χ3n) is 3.93. The van der Waals surface area contributed by atoms with E-state index in [4.69, 9.17) is 15.7 Å². The smallest absolute Gasteiger partial charge is 0.353 e. The number of nitrogens with two attached hydrogens (primary N) is 1. The predicted molar refractivity (Wildman–Crippen MR) is 107 cm³/mol. The average Bonchev–Trinajstić information content (AvgIpc) is 3.15. The number of β-lactam (4-membered cyclic amide) rings is 1. The topological polar surface area (TPSA) is 180 Å². The van der Waals surface area contributed by atoms with Crippen molar-refractivity contribution >= 4 is 51.9 Å². The van der Waals surface area contributed by atoms with E-state index in [2.05, 4.69) is 31.7 Å². The minimum Gasteiger partial charge on any atom is -0.477 e. The summed E-state index contributed by atoms with van der Waals surface area (Å²) in [7, 11) is 0. The molecule has 30 heavy (non-hydrogen) atoms. The molecular formula is C16H16N6O6S2. The Bertz CT molecular complexity index is 1010. The summed E-state index contributed by atoms with van der Waals surface area (Å²) in [6.07, 6.45) is 0. The number of nitrogen functional groups attached to an aromatic ring is 1. The molecule has 1 aromatic rings. The molecule has 14 heteroatoms. The van der Waals surface area contributed by atoms with Gasteiger partial charge in [0.15, 0.2) is 5.13 Å². The molecule has 0 saturated carbocycles. The number of aliphatic hydroxyl groups excluding tert-OH is 1. The van der Waals surface area contributed by atoms with Gasteiger partial charge in [-0.25, -0.2) is 4.79 Å². The van der Waals surface area contributed by atoms with Crippen LogP contribution in [0.15, 0.2) is 16.4 Å². The molecule has 0 spiro atoms. The number of amides is 2. The van der Waals surface area contributed by atoms with Crippen molar-refractivity contribution in [1.29, 1.82) is 0 Å². The molecule has 1 fully saturated rings. The number of carboxylic acid groups (broad SMARTS) is 1. The van der Waals surface area contributed by atoms with E-state index in [1.165, 1.54) is 11.8 Å². The number of carboxylic acids is 1. The zero-order chi connectivity index (χ0) is 21.8. The molecule has 0 aliphatic carbocycles. The minimum absolute atomic E-state index is 0.0453. The monoisotopic (exact) mass is 452 g/mol. The molecular weight excluding hydrogens is 436 g/mol. The highest BCUT2D eigenvalue weighted by molar-refractivity contribution is 8.00. The number of carbonyl (C=O) groups excluding carboxylic acids is 2. The van der Waals surface area contributed by atoms with Crippen molar-refractivity contribution in [2.24, 2.45) is 5.16 Å². The van der Waals surface area contributed by atoms with Gasteiger partial charge in [-0.1, -0.05) is 17.0 Å². The van der Waals surface area contributed by atoms with Gasteiger partial charge in [-0.05, 0) is 6.92 Å². The van der Waals surface area contributed by atoms with E-state index < -0.39 is 35.8 Å². The second-order valence-electron chi connectivity index (χ2n) is 5.77. The number of aliphatic hydroxyl groups is 1. The van der Waals surface area contributed by atoms with Crippen LogP contribution in [0.4, 0.5) is 5.13 Å². The molecule has 3 rings (SSSR count). The van der Waals surface area contributed by atoms with Gasteiger partial charge in [-0.15, -0.1) is 11.8 Å². The quantitative estimate of drug-likeness (QED) is 0.173. The van der Waals surface area contributed by atoms with Crippen LogP contribution < -0.4 is 11.1 Å². The molecule has 158 valence electrons. The van der Waals surface area contributed by atoms with E-state index >= 15 is 0 Å². The van der Waals surface area contributed by atoms with Gasteiger partial charge in [0.1, 0.15) is 30.3 Å². The summed E-state index contributed by atoms with van der Waals surface area (Å²) < 4.78 is 3.93. The third-order valence-corrected chi connectivity index (χ3v) is 5.75. The van der Waals surface area contributed by atoms with Crippen molar-refractivity contribution in [2.45, 2.75) is 18.3 Å². The molecule has 1 aromatic heterocycles. The fourth-order valence-electron chi connectivity index (χ4n) is 2.72. The zero-order valence-electron chi connectivity index (χ0n) is 15.5. The lowest BCUT2D eigenvalue weighted by Crippen LogP contribution is -2.71. The van der Waals surface area contributed by atoms with Crippen molar-refractivity contribution < 1.29 is 29.4 Å². The fourth-order valence-corrected chi connectivity index (χ4v) is 4.43. The van der Waals surface area contributed by atoms with Gasteiger partial charge in [-0.3, -0.25) is 14.5 Å². The Kier molecular flexibility index (Phi) is 6.55. The van der Waals surface area contributed by atoms with Gasteiger partial charge in [0, 0.05) is 22.9 Å².